The van der Waals surface area contributed by atoms with Crippen LogP contribution in [-0.4, -0.2) is 30.0 Å². The van der Waals surface area contributed by atoms with Crippen molar-refractivity contribution in [3.63, 3.8) is 0 Å². The largest absolute Gasteiger partial charge is 0.497 e. The summed E-state index contributed by atoms with van der Waals surface area (Å²) in [5, 5.41) is 14.0. The Morgan fingerprint density at radius 2 is 1.82 bits per heavy atom. The van der Waals surface area contributed by atoms with Crippen LogP contribution in [0.2, 0.25) is 0 Å². The molecule has 1 heterocycles. The van der Waals surface area contributed by atoms with E-state index in [2.05, 4.69) is 10.3 Å². The fraction of sp³-hybridized carbons (Fsp3) is 0.120. The zero-order valence-corrected chi connectivity index (χ0v) is 18.7. The topological polar surface area (TPSA) is 117 Å². The number of aromatic nitrogens is 1. The lowest BCUT2D eigenvalue weighted by atomic mass is 10.1. The molecule has 0 unspecified atom stereocenters. The van der Waals surface area contributed by atoms with E-state index in [1.165, 1.54) is 12.1 Å². The summed E-state index contributed by atoms with van der Waals surface area (Å²) in [6.07, 6.45) is 1.55. The van der Waals surface area contributed by atoms with E-state index in [-0.39, 0.29) is 11.6 Å². The number of carbonyl (C=O) groups is 1. The van der Waals surface area contributed by atoms with Crippen LogP contribution in [0, 0.1) is 17.0 Å². The highest BCUT2D eigenvalue weighted by Gasteiger charge is 2.20. The Morgan fingerprint density at radius 1 is 1.03 bits per heavy atom. The molecule has 4 rings (SSSR count). The van der Waals surface area contributed by atoms with E-state index in [4.69, 9.17) is 13.9 Å². The van der Waals surface area contributed by atoms with Gasteiger partial charge in [-0.15, -0.1) is 0 Å². The zero-order chi connectivity index (χ0) is 24.2. The minimum Gasteiger partial charge on any atom is -0.497 e. The maximum absolute atomic E-state index is 13.1. The van der Waals surface area contributed by atoms with Gasteiger partial charge in [0, 0.05) is 17.7 Å². The number of benzene rings is 3. The molecular formula is C25H21N3O6. The fourth-order valence-electron chi connectivity index (χ4n) is 3.54. The molecule has 34 heavy (non-hydrogen) atoms. The second kappa shape index (κ2) is 9.45. The minimum absolute atomic E-state index is 0.0723. The van der Waals surface area contributed by atoms with Crippen LogP contribution < -0.4 is 14.8 Å². The summed E-state index contributed by atoms with van der Waals surface area (Å²) in [7, 11) is 3.11. The third-order valence-electron chi connectivity index (χ3n) is 5.33. The van der Waals surface area contributed by atoms with Crippen LogP contribution in [0.1, 0.15) is 15.9 Å². The van der Waals surface area contributed by atoms with Crippen molar-refractivity contribution in [3.05, 3.63) is 88.1 Å². The molecule has 9 heteroatoms. The van der Waals surface area contributed by atoms with E-state index >= 15 is 0 Å². The molecule has 0 fully saturated rings. The smallest absolute Gasteiger partial charge is 0.274 e. The standard InChI is InChI=1S/C25H21N3O6/c1-15-20(9-6-10-21(15)28(30)31)27-24(29)17-7-4-5-8-18(17)25-26-14-23(34-25)19-12-11-16(32-2)13-22(19)33-3/h4-14H,1-3H3,(H,27,29). The SMILES string of the molecule is COc1ccc(-c2cnc(-c3ccccc3C(=O)Nc3cccc([N+](=O)[O-])c3C)o2)c(OC)c1. The van der Waals surface area contributed by atoms with E-state index in [0.29, 0.717) is 45.2 Å². The van der Waals surface area contributed by atoms with E-state index < -0.39 is 10.8 Å². The number of oxazole rings is 1. The number of hydrogen-bond acceptors (Lipinski definition) is 7. The third-order valence-corrected chi connectivity index (χ3v) is 5.33. The van der Waals surface area contributed by atoms with Gasteiger partial charge in [0.2, 0.25) is 5.89 Å². The lowest BCUT2D eigenvalue weighted by Gasteiger charge is -2.11. The molecule has 9 nitrogen and oxygen atoms in total. The number of amides is 1. The lowest BCUT2D eigenvalue weighted by molar-refractivity contribution is -0.385. The second-order valence-corrected chi connectivity index (χ2v) is 7.30. The van der Waals surface area contributed by atoms with Gasteiger partial charge in [-0.25, -0.2) is 4.98 Å². The molecule has 1 amide bonds. The van der Waals surface area contributed by atoms with Crippen LogP contribution in [0.3, 0.4) is 0 Å². The third kappa shape index (κ3) is 4.31. The summed E-state index contributed by atoms with van der Waals surface area (Å²) >= 11 is 0. The first-order valence-electron chi connectivity index (χ1n) is 10.3. The molecule has 0 aliphatic rings. The molecule has 4 aromatic rings. The number of nitro groups is 1. The highest BCUT2D eigenvalue weighted by atomic mass is 16.6. The minimum atomic E-state index is -0.485. The fourth-order valence-corrected chi connectivity index (χ4v) is 3.54. The van der Waals surface area contributed by atoms with Crippen molar-refractivity contribution in [1.82, 2.24) is 4.98 Å². The summed E-state index contributed by atoms with van der Waals surface area (Å²) < 4.78 is 16.7. The molecule has 172 valence electrons. The van der Waals surface area contributed by atoms with Gasteiger partial charge in [0.15, 0.2) is 5.76 Å². The highest BCUT2D eigenvalue weighted by Crippen LogP contribution is 2.36. The van der Waals surface area contributed by atoms with Gasteiger partial charge in [0.25, 0.3) is 11.6 Å². The molecule has 1 aromatic heterocycles. The van der Waals surface area contributed by atoms with Gasteiger partial charge >= 0.3 is 0 Å². The van der Waals surface area contributed by atoms with E-state index in [9.17, 15) is 14.9 Å². The maximum Gasteiger partial charge on any atom is 0.274 e. The van der Waals surface area contributed by atoms with Crippen LogP contribution in [0.15, 0.2) is 71.3 Å². The van der Waals surface area contributed by atoms with Crippen molar-refractivity contribution in [2.75, 3.05) is 19.5 Å². The summed E-state index contributed by atoms with van der Waals surface area (Å²) in [4.78, 5) is 28.2. The number of rotatable bonds is 7. The maximum atomic E-state index is 13.1. The molecule has 0 radical (unpaired) electrons. The zero-order valence-electron chi connectivity index (χ0n) is 18.7. The summed E-state index contributed by atoms with van der Waals surface area (Å²) in [6, 6.07) is 16.7. The lowest BCUT2D eigenvalue weighted by Crippen LogP contribution is -2.14. The number of nitro benzene ring substituents is 1. The van der Waals surface area contributed by atoms with Gasteiger partial charge in [-0.1, -0.05) is 18.2 Å². The Labute approximate surface area is 195 Å². The van der Waals surface area contributed by atoms with Crippen molar-refractivity contribution in [2.24, 2.45) is 0 Å². The normalized spacial score (nSPS) is 10.6. The van der Waals surface area contributed by atoms with Gasteiger partial charge in [0.05, 0.1) is 47.7 Å². The summed E-state index contributed by atoms with van der Waals surface area (Å²) in [6.45, 7) is 1.59. The molecule has 0 saturated heterocycles. The number of carbonyl (C=O) groups excluding carboxylic acids is 1. The van der Waals surface area contributed by atoms with Crippen LogP contribution >= 0.6 is 0 Å². The number of ether oxygens (including phenoxy) is 2. The predicted molar refractivity (Wildman–Crippen MR) is 126 cm³/mol. The second-order valence-electron chi connectivity index (χ2n) is 7.30. The average molecular weight is 459 g/mol. The number of anilines is 1. The van der Waals surface area contributed by atoms with Crippen LogP contribution in [-0.2, 0) is 0 Å². The van der Waals surface area contributed by atoms with E-state index in [0.717, 1.165) is 0 Å². The Bertz CT molecular complexity index is 1380. The van der Waals surface area contributed by atoms with Crippen molar-refractivity contribution in [2.45, 2.75) is 6.92 Å². The molecule has 0 aliphatic carbocycles. The Kier molecular flexibility index (Phi) is 6.26. The van der Waals surface area contributed by atoms with Gasteiger partial charge in [-0.2, -0.15) is 0 Å². The van der Waals surface area contributed by atoms with Gasteiger partial charge in [-0.05, 0) is 37.3 Å². The van der Waals surface area contributed by atoms with Crippen molar-refractivity contribution in [1.29, 1.82) is 0 Å². The monoisotopic (exact) mass is 459 g/mol. The number of hydrogen-bond donors (Lipinski definition) is 1. The van der Waals surface area contributed by atoms with Crippen molar-refractivity contribution >= 4 is 17.3 Å². The van der Waals surface area contributed by atoms with Crippen LogP contribution in [0.4, 0.5) is 11.4 Å². The number of nitrogens with one attached hydrogen (secondary N) is 1. The molecule has 0 spiro atoms. The van der Waals surface area contributed by atoms with Crippen molar-refractivity contribution in [3.8, 4) is 34.3 Å². The Morgan fingerprint density at radius 3 is 2.56 bits per heavy atom. The molecule has 3 aromatic carbocycles. The molecule has 1 N–H and O–H groups in total. The molecular weight excluding hydrogens is 438 g/mol. The first-order valence-corrected chi connectivity index (χ1v) is 10.3. The Hall–Kier alpha value is -4.66. The number of methoxy groups -OCH3 is 2. The average Bonchev–Trinajstić information content (AvgIpc) is 3.34. The Balaban J connectivity index is 1.67. The molecule has 0 saturated carbocycles. The van der Waals surface area contributed by atoms with Crippen LogP contribution in [0.25, 0.3) is 22.8 Å². The molecule has 0 atom stereocenters. The van der Waals surface area contributed by atoms with E-state index in [1.807, 2.05) is 0 Å². The van der Waals surface area contributed by atoms with Gasteiger partial charge in [-0.3, -0.25) is 14.9 Å². The number of nitrogens with zero attached hydrogens (tertiary/aromatic N) is 2. The first kappa shape index (κ1) is 22.5. The molecule has 0 bridgehead atoms. The van der Waals surface area contributed by atoms with Gasteiger partial charge in [0.1, 0.15) is 11.5 Å². The summed E-state index contributed by atoms with van der Waals surface area (Å²) in [5.41, 5.74) is 2.10. The van der Waals surface area contributed by atoms with Crippen molar-refractivity contribution < 1.29 is 23.6 Å². The molecule has 0 aliphatic heterocycles. The van der Waals surface area contributed by atoms with E-state index in [1.54, 1.807) is 75.9 Å². The summed E-state index contributed by atoms with van der Waals surface area (Å²) in [5.74, 6) is 1.45. The predicted octanol–water partition coefficient (Wildman–Crippen LogP) is 5.49. The quantitative estimate of drug-likeness (QED) is 0.287. The van der Waals surface area contributed by atoms with Crippen LogP contribution in [0.5, 0.6) is 11.5 Å². The first-order chi connectivity index (χ1) is 16.4. The van der Waals surface area contributed by atoms with Gasteiger partial charge < -0.3 is 19.2 Å². The highest BCUT2D eigenvalue weighted by molar-refractivity contribution is 6.08.